The molecule has 70 valence electrons. The van der Waals surface area contributed by atoms with E-state index in [1.165, 1.54) is 0 Å². The third-order valence-corrected chi connectivity index (χ3v) is 1.82. The van der Waals surface area contributed by atoms with Gasteiger partial charge < -0.3 is 0 Å². The SMILES string of the molecule is Cc1cnc(-c2cnc(C)cn2)cn1. The second kappa shape index (κ2) is 3.49. The lowest BCUT2D eigenvalue weighted by atomic mass is 10.3. The van der Waals surface area contributed by atoms with Crippen molar-refractivity contribution < 1.29 is 0 Å². The van der Waals surface area contributed by atoms with Crippen LogP contribution in [0.4, 0.5) is 0 Å². The molecule has 2 heterocycles. The molecule has 2 rings (SSSR count). The van der Waals surface area contributed by atoms with Crippen molar-refractivity contribution in [3.8, 4) is 11.4 Å². The van der Waals surface area contributed by atoms with Gasteiger partial charge in [-0.25, -0.2) is 0 Å². The van der Waals surface area contributed by atoms with Gasteiger partial charge in [-0.3, -0.25) is 19.9 Å². The maximum atomic E-state index is 4.21. The van der Waals surface area contributed by atoms with E-state index in [-0.39, 0.29) is 0 Å². The number of nitrogens with zero attached hydrogens (tertiary/aromatic N) is 4. The van der Waals surface area contributed by atoms with E-state index in [0.29, 0.717) is 0 Å². The van der Waals surface area contributed by atoms with Gasteiger partial charge in [-0.05, 0) is 13.8 Å². The van der Waals surface area contributed by atoms with Crippen molar-refractivity contribution in [2.45, 2.75) is 13.8 Å². The standard InChI is InChI=1S/C10H10N4/c1-7-3-13-9(5-11-7)10-6-12-8(2)4-14-10/h3-6H,1-2H3. The number of rotatable bonds is 1. The average Bonchev–Trinajstić information content (AvgIpc) is 2.21. The van der Waals surface area contributed by atoms with Gasteiger partial charge in [-0.1, -0.05) is 0 Å². The first-order valence-electron chi connectivity index (χ1n) is 4.33. The Morgan fingerprint density at radius 3 is 1.36 bits per heavy atom. The van der Waals surface area contributed by atoms with Gasteiger partial charge in [-0.15, -0.1) is 0 Å². The monoisotopic (exact) mass is 186 g/mol. The van der Waals surface area contributed by atoms with E-state index in [1.807, 2.05) is 13.8 Å². The quantitative estimate of drug-likeness (QED) is 0.678. The Kier molecular flexibility index (Phi) is 2.18. The van der Waals surface area contributed by atoms with Crippen molar-refractivity contribution in [3.05, 3.63) is 36.2 Å². The molecule has 14 heavy (non-hydrogen) atoms. The fraction of sp³-hybridized carbons (Fsp3) is 0.200. The normalized spacial score (nSPS) is 10.1. The summed E-state index contributed by atoms with van der Waals surface area (Å²) in [5.41, 5.74) is 3.30. The van der Waals surface area contributed by atoms with Crippen LogP contribution in [0.5, 0.6) is 0 Å². The Balaban J connectivity index is 2.40. The van der Waals surface area contributed by atoms with Gasteiger partial charge in [0, 0.05) is 12.4 Å². The van der Waals surface area contributed by atoms with Crippen molar-refractivity contribution in [1.29, 1.82) is 0 Å². The highest BCUT2D eigenvalue weighted by molar-refractivity contribution is 5.50. The molecule has 0 aromatic carbocycles. The van der Waals surface area contributed by atoms with Crippen LogP contribution >= 0.6 is 0 Å². The van der Waals surface area contributed by atoms with Gasteiger partial charge in [0.05, 0.1) is 23.8 Å². The van der Waals surface area contributed by atoms with E-state index in [2.05, 4.69) is 19.9 Å². The molecule has 2 aromatic heterocycles. The molecular weight excluding hydrogens is 176 g/mol. The molecule has 0 fully saturated rings. The third kappa shape index (κ3) is 1.74. The molecule has 0 saturated heterocycles. The van der Waals surface area contributed by atoms with Gasteiger partial charge >= 0.3 is 0 Å². The first-order chi connectivity index (χ1) is 6.75. The van der Waals surface area contributed by atoms with Crippen molar-refractivity contribution >= 4 is 0 Å². The van der Waals surface area contributed by atoms with Crippen LogP contribution in [0.2, 0.25) is 0 Å². The number of hydrogen-bond acceptors (Lipinski definition) is 4. The Bertz CT molecular complexity index is 375. The minimum Gasteiger partial charge on any atom is -0.258 e. The maximum Gasteiger partial charge on any atom is 0.108 e. The maximum absolute atomic E-state index is 4.21. The Labute approximate surface area is 82.1 Å². The van der Waals surface area contributed by atoms with Crippen LogP contribution < -0.4 is 0 Å². The molecule has 0 amide bonds. The average molecular weight is 186 g/mol. The van der Waals surface area contributed by atoms with E-state index < -0.39 is 0 Å². The fourth-order valence-electron chi connectivity index (χ4n) is 1.05. The minimum absolute atomic E-state index is 0.753. The van der Waals surface area contributed by atoms with Crippen LogP contribution in [-0.4, -0.2) is 19.9 Å². The molecule has 0 aliphatic heterocycles. The summed E-state index contributed by atoms with van der Waals surface area (Å²) in [5, 5.41) is 0. The zero-order valence-corrected chi connectivity index (χ0v) is 8.10. The van der Waals surface area contributed by atoms with Crippen LogP contribution in [0, 0.1) is 13.8 Å². The summed E-state index contributed by atoms with van der Waals surface area (Å²) in [7, 11) is 0. The van der Waals surface area contributed by atoms with Crippen LogP contribution in [0.1, 0.15) is 11.4 Å². The topological polar surface area (TPSA) is 51.6 Å². The molecule has 4 nitrogen and oxygen atoms in total. The van der Waals surface area contributed by atoms with Gasteiger partial charge in [-0.2, -0.15) is 0 Å². The van der Waals surface area contributed by atoms with Gasteiger partial charge in [0.2, 0.25) is 0 Å². The third-order valence-electron chi connectivity index (χ3n) is 1.82. The molecule has 0 N–H and O–H groups in total. The van der Waals surface area contributed by atoms with Gasteiger partial charge in [0.1, 0.15) is 11.4 Å². The van der Waals surface area contributed by atoms with Gasteiger partial charge in [0.25, 0.3) is 0 Å². The molecule has 0 unspecified atom stereocenters. The molecule has 0 aliphatic rings. The summed E-state index contributed by atoms with van der Waals surface area (Å²) < 4.78 is 0. The molecule has 0 aliphatic carbocycles. The predicted molar refractivity (Wildman–Crippen MR) is 52.5 cm³/mol. The van der Waals surface area contributed by atoms with Crippen molar-refractivity contribution in [3.63, 3.8) is 0 Å². The molecule has 2 aromatic rings. The van der Waals surface area contributed by atoms with E-state index >= 15 is 0 Å². The number of aryl methyl sites for hydroxylation is 2. The lowest BCUT2D eigenvalue weighted by Crippen LogP contribution is -1.92. The smallest absolute Gasteiger partial charge is 0.108 e. The van der Waals surface area contributed by atoms with Crippen LogP contribution in [-0.2, 0) is 0 Å². The first kappa shape index (κ1) is 8.74. The Morgan fingerprint density at radius 1 is 0.643 bits per heavy atom. The molecular formula is C10H10N4. The van der Waals surface area contributed by atoms with Crippen molar-refractivity contribution in [1.82, 2.24) is 19.9 Å². The van der Waals surface area contributed by atoms with E-state index in [1.54, 1.807) is 24.8 Å². The molecule has 0 radical (unpaired) electrons. The lowest BCUT2D eigenvalue weighted by Gasteiger charge is -1.99. The summed E-state index contributed by atoms with van der Waals surface area (Å²) in [6.45, 7) is 3.80. The van der Waals surface area contributed by atoms with Crippen molar-refractivity contribution in [2.75, 3.05) is 0 Å². The second-order valence-electron chi connectivity index (χ2n) is 3.09. The van der Waals surface area contributed by atoms with E-state index in [9.17, 15) is 0 Å². The summed E-state index contributed by atoms with van der Waals surface area (Å²) in [6.07, 6.45) is 6.84. The van der Waals surface area contributed by atoms with E-state index in [0.717, 1.165) is 22.8 Å². The lowest BCUT2D eigenvalue weighted by molar-refractivity contribution is 1.08. The van der Waals surface area contributed by atoms with Crippen LogP contribution in [0.25, 0.3) is 11.4 Å². The minimum atomic E-state index is 0.753. The number of aromatic nitrogens is 4. The summed E-state index contributed by atoms with van der Waals surface area (Å²) in [6, 6.07) is 0. The predicted octanol–water partition coefficient (Wildman–Crippen LogP) is 1.55. The highest BCUT2D eigenvalue weighted by Crippen LogP contribution is 2.10. The van der Waals surface area contributed by atoms with Crippen LogP contribution in [0.15, 0.2) is 24.8 Å². The molecule has 4 heteroatoms. The summed E-state index contributed by atoms with van der Waals surface area (Å²) >= 11 is 0. The Morgan fingerprint density at radius 2 is 1.07 bits per heavy atom. The zero-order chi connectivity index (χ0) is 9.97. The fourth-order valence-corrected chi connectivity index (χ4v) is 1.05. The highest BCUT2D eigenvalue weighted by Gasteiger charge is 2.00. The van der Waals surface area contributed by atoms with Crippen molar-refractivity contribution in [2.24, 2.45) is 0 Å². The summed E-state index contributed by atoms with van der Waals surface area (Å²) in [5.74, 6) is 0. The molecule has 0 atom stereocenters. The second-order valence-corrected chi connectivity index (χ2v) is 3.09. The highest BCUT2D eigenvalue weighted by atomic mass is 14.9. The van der Waals surface area contributed by atoms with E-state index in [4.69, 9.17) is 0 Å². The number of hydrogen-bond donors (Lipinski definition) is 0. The van der Waals surface area contributed by atoms with Crippen LogP contribution in [0.3, 0.4) is 0 Å². The molecule has 0 spiro atoms. The zero-order valence-electron chi connectivity index (χ0n) is 8.10. The molecule has 0 saturated carbocycles. The largest absolute Gasteiger partial charge is 0.258 e. The first-order valence-corrected chi connectivity index (χ1v) is 4.33. The summed E-state index contributed by atoms with van der Waals surface area (Å²) in [4.78, 5) is 16.7. The van der Waals surface area contributed by atoms with Gasteiger partial charge in [0.15, 0.2) is 0 Å². The Hall–Kier alpha value is -1.84. The molecule has 0 bridgehead atoms.